The molecule has 2 atom stereocenters. The molecule has 1 heterocycles. The van der Waals surface area contributed by atoms with Gasteiger partial charge in [0.2, 0.25) is 18.3 Å². The van der Waals surface area contributed by atoms with E-state index in [1.54, 1.807) is 36.4 Å². The lowest BCUT2D eigenvalue weighted by atomic mass is 10.1. The van der Waals surface area contributed by atoms with E-state index < -0.39 is 28.0 Å². The zero-order valence-electron chi connectivity index (χ0n) is 16.5. The van der Waals surface area contributed by atoms with Gasteiger partial charge < -0.3 is 10.6 Å². The molecule has 0 radical (unpaired) electrons. The minimum absolute atomic E-state index is 0.125. The largest absolute Gasteiger partial charge is 0.326 e. The Balaban J connectivity index is 1.51. The molecule has 2 unspecified atom stereocenters. The third kappa shape index (κ3) is 5.15. The smallest absolute Gasteiger partial charge is 0.257 e. The fourth-order valence-electron chi connectivity index (χ4n) is 3.56. The Morgan fingerprint density at radius 1 is 0.939 bits per heavy atom. The maximum Gasteiger partial charge on any atom is 0.257 e. The standard InChI is InChI=1S/C22H14Cl5N3O3/c23-12-6-11(7-13(24)8-12)18-19(22(18,26)27)21(32)28-14-3-4-17(25)16(9-14)20(31)29-15-2-1-5-30(33)10-15/h1-10,18-19H,(H2-,28,29,31,32,33)/p+1. The first kappa shape index (κ1) is 23.9. The van der Waals surface area contributed by atoms with Gasteiger partial charge in [-0.1, -0.05) is 34.8 Å². The highest BCUT2D eigenvalue weighted by Gasteiger charge is 2.67. The third-order valence-electron chi connectivity index (χ3n) is 5.10. The van der Waals surface area contributed by atoms with Gasteiger partial charge in [-0.3, -0.25) is 14.8 Å². The summed E-state index contributed by atoms with van der Waals surface area (Å²) < 4.78 is -0.532. The summed E-state index contributed by atoms with van der Waals surface area (Å²) >= 11 is 31.1. The zero-order chi connectivity index (χ0) is 23.9. The summed E-state index contributed by atoms with van der Waals surface area (Å²) in [7, 11) is 0. The van der Waals surface area contributed by atoms with Crippen LogP contribution in [0.1, 0.15) is 21.8 Å². The molecular weight excluding hydrogens is 532 g/mol. The molecule has 170 valence electrons. The highest BCUT2D eigenvalue weighted by molar-refractivity contribution is 6.53. The predicted octanol–water partition coefficient (Wildman–Crippen LogP) is 5.95. The van der Waals surface area contributed by atoms with E-state index in [0.29, 0.717) is 27.0 Å². The fourth-order valence-corrected chi connectivity index (χ4v) is 5.13. The maximum atomic E-state index is 12.9. The summed E-state index contributed by atoms with van der Waals surface area (Å²) in [4.78, 5) is 25.6. The average Bonchev–Trinajstić information content (AvgIpc) is 3.31. The second kappa shape index (κ2) is 9.20. The van der Waals surface area contributed by atoms with Gasteiger partial charge in [0, 0.05) is 32.4 Å². The van der Waals surface area contributed by atoms with Gasteiger partial charge in [0.1, 0.15) is 10.0 Å². The molecule has 2 amide bonds. The molecule has 4 rings (SSSR count). The third-order valence-corrected chi connectivity index (χ3v) is 6.81. The molecule has 3 N–H and O–H groups in total. The molecule has 33 heavy (non-hydrogen) atoms. The lowest BCUT2D eigenvalue weighted by molar-refractivity contribution is -0.904. The van der Waals surface area contributed by atoms with Gasteiger partial charge in [0.15, 0.2) is 0 Å². The molecule has 3 aromatic rings. The Labute approximate surface area is 213 Å². The SMILES string of the molecule is O=C(Nc1ccc[n+](O)c1)c1cc(NC(=O)C2C(c3cc(Cl)cc(Cl)c3)C2(Cl)Cl)ccc1Cl. The molecule has 11 heteroatoms. The van der Waals surface area contributed by atoms with Crippen LogP contribution in [0.3, 0.4) is 0 Å². The minimum atomic E-state index is -1.34. The lowest BCUT2D eigenvalue weighted by Gasteiger charge is -2.10. The molecule has 0 saturated heterocycles. The molecule has 1 aliphatic rings. The van der Waals surface area contributed by atoms with Crippen LogP contribution < -0.4 is 15.4 Å². The van der Waals surface area contributed by atoms with E-state index in [9.17, 15) is 14.8 Å². The van der Waals surface area contributed by atoms with Crippen LogP contribution in [-0.2, 0) is 4.79 Å². The van der Waals surface area contributed by atoms with Crippen LogP contribution >= 0.6 is 58.0 Å². The monoisotopic (exact) mass is 544 g/mol. The van der Waals surface area contributed by atoms with Gasteiger partial charge >= 0.3 is 0 Å². The summed E-state index contributed by atoms with van der Waals surface area (Å²) in [5, 5.41) is 15.8. The van der Waals surface area contributed by atoms with E-state index in [2.05, 4.69) is 10.6 Å². The molecule has 2 aromatic carbocycles. The highest BCUT2D eigenvalue weighted by Crippen LogP contribution is 2.65. The molecule has 0 spiro atoms. The normalized spacial score (nSPS) is 18.5. The molecule has 1 aromatic heterocycles. The first-order chi connectivity index (χ1) is 15.6. The zero-order valence-corrected chi connectivity index (χ0v) is 20.3. The topological polar surface area (TPSA) is 82.3 Å². The van der Waals surface area contributed by atoms with Crippen molar-refractivity contribution in [2.45, 2.75) is 10.3 Å². The molecule has 1 saturated carbocycles. The average molecular weight is 547 g/mol. The predicted molar refractivity (Wildman–Crippen MR) is 129 cm³/mol. The number of aromatic nitrogens is 1. The Kier molecular flexibility index (Phi) is 6.67. The van der Waals surface area contributed by atoms with Crippen molar-refractivity contribution in [3.8, 4) is 0 Å². The number of benzene rings is 2. The number of hydrogen-bond acceptors (Lipinski definition) is 3. The molecule has 0 aliphatic heterocycles. The van der Waals surface area contributed by atoms with E-state index in [-0.39, 0.29) is 10.6 Å². The van der Waals surface area contributed by atoms with Crippen molar-refractivity contribution in [2.75, 3.05) is 10.6 Å². The summed E-state index contributed by atoms with van der Waals surface area (Å²) in [5.41, 5.74) is 1.46. The quantitative estimate of drug-likeness (QED) is 0.210. The van der Waals surface area contributed by atoms with E-state index in [0.717, 1.165) is 4.73 Å². The van der Waals surface area contributed by atoms with Crippen molar-refractivity contribution < 1.29 is 19.5 Å². The van der Waals surface area contributed by atoms with Crippen molar-refractivity contribution >= 4 is 81.2 Å². The van der Waals surface area contributed by atoms with E-state index >= 15 is 0 Å². The number of anilines is 2. The van der Waals surface area contributed by atoms with Crippen molar-refractivity contribution in [3.63, 3.8) is 0 Å². The number of amides is 2. The highest BCUT2D eigenvalue weighted by atomic mass is 35.5. The lowest BCUT2D eigenvalue weighted by Crippen LogP contribution is -2.29. The Hall–Kier alpha value is -2.22. The number of nitrogens with zero attached hydrogens (tertiary/aromatic N) is 1. The maximum absolute atomic E-state index is 12.9. The van der Waals surface area contributed by atoms with Crippen molar-refractivity contribution in [1.82, 2.24) is 0 Å². The van der Waals surface area contributed by atoms with E-state index in [4.69, 9.17) is 58.0 Å². The molecule has 1 fully saturated rings. The van der Waals surface area contributed by atoms with Crippen LogP contribution in [0, 0.1) is 5.92 Å². The molecule has 0 bridgehead atoms. The molecule has 6 nitrogen and oxygen atoms in total. The summed E-state index contributed by atoms with van der Waals surface area (Å²) in [6, 6.07) is 12.5. The van der Waals surface area contributed by atoms with E-state index in [1.165, 1.54) is 24.5 Å². The number of carbonyl (C=O) groups is 2. The molecular formula is C22H15Cl5N3O3+. The minimum Gasteiger partial charge on any atom is -0.326 e. The van der Waals surface area contributed by atoms with Crippen molar-refractivity contribution in [3.05, 3.63) is 87.1 Å². The summed E-state index contributed by atoms with van der Waals surface area (Å²) in [6.45, 7) is 0. The molecule has 1 aliphatic carbocycles. The van der Waals surface area contributed by atoms with Gasteiger partial charge in [-0.25, -0.2) is 0 Å². The first-order valence-electron chi connectivity index (χ1n) is 9.52. The number of carbonyl (C=O) groups excluding carboxylic acids is 2. The van der Waals surface area contributed by atoms with Crippen LogP contribution in [0.15, 0.2) is 60.9 Å². The number of nitrogens with one attached hydrogen (secondary N) is 2. The van der Waals surface area contributed by atoms with Crippen LogP contribution in [-0.4, -0.2) is 21.4 Å². The fraction of sp³-hybridized carbons (Fsp3) is 0.136. The van der Waals surface area contributed by atoms with Crippen LogP contribution in [0.25, 0.3) is 0 Å². The van der Waals surface area contributed by atoms with Gasteiger partial charge in [0.25, 0.3) is 5.91 Å². The number of rotatable bonds is 5. The van der Waals surface area contributed by atoms with Crippen LogP contribution in [0.2, 0.25) is 15.1 Å². The summed E-state index contributed by atoms with van der Waals surface area (Å²) in [5.74, 6) is -2.22. The Morgan fingerprint density at radius 3 is 2.30 bits per heavy atom. The second-order valence-corrected chi connectivity index (χ2v) is 10.2. The number of alkyl halides is 2. The number of hydrogen-bond donors (Lipinski definition) is 3. The van der Waals surface area contributed by atoms with Gasteiger partial charge in [-0.2, -0.15) is 0 Å². The van der Waals surface area contributed by atoms with Gasteiger partial charge in [0.05, 0.1) is 16.5 Å². The van der Waals surface area contributed by atoms with Crippen LogP contribution in [0.4, 0.5) is 11.4 Å². The number of halogens is 5. The van der Waals surface area contributed by atoms with Crippen molar-refractivity contribution in [1.29, 1.82) is 0 Å². The number of pyridine rings is 1. The summed E-state index contributed by atoms with van der Waals surface area (Å²) in [6.07, 6.45) is 2.71. The van der Waals surface area contributed by atoms with Gasteiger partial charge in [-0.05, 0) is 48.0 Å². The second-order valence-electron chi connectivity index (χ2n) is 7.44. The Bertz CT molecular complexity index is 1250. The van der Waals surface area contributed by atoms with E-state index in [1.807, 2.05) is 0 Å². The van der Waals surface area contributed by atoms with Crippen LogP contribution in [0.5, 0.6) is 0 Å². The van der Waals surface area contributed by atoms with Gasteiger partial charge in [-0.15, -0.1) is 23.2 Å². The Morgan fingerprint density at radius 2 is 1.64 bits per heavy atom. The van der Waals surface area contributed by atoms with Crippen molar-refractivity contribution in [2.24, 2.45) is 5.92 Å². The first-order valence-corrected chi connectivity index (χ1v) is 11.4.